The molecular weight excluding hydrogens is 282 g/mol. The van der Waals surface area contributed by atoms with Crippen LogP contribution in [0.1, 0.15) is 12.6 Å². The average Bonchev–Trinajstić information content (AvgIpc) is 2.43. The van der Waals surface area contributed by atoms with Crippen LogP contribution >= 0.6 is 11.6 Å². The molecular formula is C12H18ClN5O2. The number of carbonyl (C=O) groups excluding carboxylic acids is 1. The molecule has 0 bridgehead atoms. The number of nitrogen functional groups attached to an aromatic ring is 1. The second-order valence-corrected chi connectivity index (χ2v) is 4.83. The molecule has 2 rings (SSSR count). The van der Waals surface area contributed by atoms with Crippen molar-refractivity contribution in [1.29, 1.82) is 0 Å². The Balaban J connectivity index is 2.35. The third-order valence-electron chi connectivity index (χ3n) is 3.14. The minimum atomic E-state index is -0.462. The van der Waals surface area contributed by atoms with E-state index in [1.54, 1.807) is 6.92 Å². The Bertz CT molecular complexity index is 511. The molecule has 0 aromatic carbocycles. The minimum absolute atomic E-state index is 0.112. The van der Waals surface area contributed by atoms with Crippen LogP contribution in [0.3, 0.4) is 0 Å². The number of ether oxygens (including phenoxy) is 1. The number of nitrogens with two attached hydrogens (primary N) is 1. The number of hydrogen-bond donors (Lipinski definition) is 2. The Hall–Kier alpha value is -1.60. The van der Waals surface area contributed by atoms with E-state index in [2.05, 4.69) is 15.3 Å². The SMILES string of the molecule is CCNC(=O)C1COCCN1c1nc(Cl)nc(C)c1N. The highest BCUT2D eigenvalue weighted by Crippen LogP contribution is 2.27. The molecule has 2 heterocycles. The molecule has 1 aromatic rings. The van der Waals surface area contributed by atoms with E-state index in [0.29, 0.717) is 43.5 Å². The van der Waals surface area contributed by atoms with Crippen molar-refractivity contribution in [2.75, 3.05) is 36.9 Å². The predicted octanol–water partition coefficient (Wildman–Crippen LogP) is 0.362. The quantitative estimate of drug-likeness (QED) is 0.783. The van der Waals surface area contributed by atoms with E-state index in [1.165, 1.54) is 0 Å². The topological polar surface area (TPSA) is 93.4 Å². The monoisotopic (exact) mass is 299 g/mol. The van der Waals surface area contributed by atoms with Crippen molar-refractivity contribution in [2.24, 2.45) is 0 Å². The number of halogens is 1. The van der Waals surface area contributed by atoms with Crippen molar-refractivity contribution < 1.29 is 9.53 Å². The van der Waals surface area contributed by atoms with Gasteiger partial charge >= 0.3 is 0 Å². The molecule has 1 fully saturated rings. The summed E-state index contributed by atoms with van der Waals surface area (Å²) < 4.78 is 5.38. The van der Waals surface area contributed by atoms with Crippen molar-refractivity contribution in [3.8, 4) is 0 Å². The Morgan fingerprint density at radius 3 is 3.05 bits per heavy atom. The molecule has 20 heavy (non-hydrogen) atoms. The lowest BCUT2D eigenvalue weighted by Gasteiger charge is -2.36. The van der Waals surface area contributed by atoms with Gasteiger partial charge in [-0.1, -0.05) is 0 Å². The third-order valence-corrected chi connectivity index (χ3v) is 3.31. The van der Waals surface area contributed by atoms with E-state index in [9.17, 15) is 4.79 Å². The number of nitrogens with one attached hydrogen (secondary N) is 1. The van der Waals surface area contributed by atoms with Crippen molar-refractivity contribution in [3.63, 3.8) is 0 Å². The Morgan fingerprint density at radius 1 is 1.60 bits per heavy atom. The van der Waals surface area contributed by atoms with Crippen LogP contribution in [0.15, 0.2) is 0 Å². The standard InChI is InChI=1S/C12H18ClN5O2/c1-3-15-11(19)8-6-20-5-4-18(8)10-9(14)7(2)16-12(13)17-10/h8H,3-6,14H2,1-2H3,(H,15,19). The molecule has 1 atom stereocenters. The molecule has 3 N–H and O–H groups in total. The molecule has 0 saturated carbocycles. The van der Waals surface area contributed by atoms with Gasteiger partial charge in [0, 0.05) is 13.1 Å². The number of amides is 1. The number of carbonyl (C=O) groups is 1. The summed E-state index contributed by atoms with van der Waals surface area (Å²) in [5.41, 5.74) is 7.05. The van der Waals surface area contributed by atoms with E-state index in [4.69, 9.17) is 22.1 Å². The van der Waals surface area contributed by atoms with Gasteiger partial charge in [-0.3, -0.25) is 4.79 Å². The summed E-state index contributed by atoms with van der Waals surface area (Å²) in [5, 5.41) is 2.90. The number of rotatable bonds is 3. The van der Waals surface area contributed by atoms with E-state index in [-0.39, 0.29) is 11.2 Å². The number of anilines is 2. The molecule has 1 unspecified atom stereocenters. The fourth-order valence-corrected chi connectivity index (χ4v) is 2.33. The largest absolute Gasteiger partial charge is 0.394 e. The molecule has 8 heteroatoms. The second-order valence-electron chi connectivity index (χ2n) is 4.49. The maximum Gasteiger partial charge on any atom is 0.245 e. The first-order valence-corrected chi connectivity index (χ1v) is 6.84. The number of aryl methyl sites for hydroxylation is 1. The molecule has 0 spiro atoms. The highest BCUT2D eigenvalue weighted by Gasteiger charge is 2.31. The van der Waals surface area contributed by atoms with Crippen molar-refractivity contribution in [3.05, 3.63) is 11.0 Å². The van der Waals surface area contributed by atoms with Gasteiger partial charge in [0.2, 0.25) is 11.2 Å². The van der Waals surface area contributed by atoms with Gasteiger partial charge in [-0.25, -0.2) is 4.98 Å². The Morgan fingerprint density at radius 2 is 2.35 bits per heavy atom. The summed E-state index contributed by atoms with van der Waals surface area (Å²) in [6.45, 7) is 5.52. The highest BCUT2D eigenvalue weighted by atomic mass is 35.5. The fraction of sp³-hybridized carbons (Fsp3) is 0.583. The maximum atomic E-state index is 12.1. The van der Waals surface area contributed by atoms with Gasteiger partial charge in [0.1, 0.15) is 6.04 Å². The number of aromatic nitrogens is 2. The van der Waals surface area contributed by atoms with E-state index in [0.717, 1.165) is 0 Å². The molecule has 1 aliphatic rings. The predicted molar refractivity (Wildman–Crippen MR) is 76.8 cm³/mol. The van der Waals surface area contributed by atoms with E-state index >= 15 is 0 Å². The average molecular weight is 300 g/mol. The van der Waals surface area contributed by atoms with Crippen LogP contribution in [0, 0.1) is 6.92 Å². The van der Waals surface area contributed by atoms with Crippen molar-refractivity contribution in [1.82, 2.24) is 15.3 Å². The highest BCUT2D eigenvalue weighted by molar-refractivity contribution is 6.28. The first kappa shape index (κ1) is 14.8. The van der Waals surface area contributed by atoms with Crippen LogP contribution in [0.5, 0.6) is 0 Å². The first-order valence-electron chi connectivity index (χ1n) is 6.46. The van der Waals surface area contributed by atoms with Gasteiger partial charge in [-0.15, -0.1) is 0 Å². The molecule has 0 radical (unpaired) electrons. The maximum absolute atomic E-state index is 12.1. The lowest BCUT2D eigenvalue weighted by molar-refractivity contribution is -0.124. The van der Waals surface area contributed by atoms with Gasteiger partial charge in [0.05, 0.1) is 24.6 Å². The van der Waals surface area contributed by atoms with Crippen LogP contribution in [0.25, 0.3) is 0 Å². The summed E-state index contributed by atoms with van der Waals surface area (Å²) in [5.74, 6) is 0.376. The third kappa shape index (κ3) is 2.94. The molecule has 0 aliphatic carbocycles. The van der Waals surface area contributed by atoms with E-state index in [1.807, 2.05) is 11.8 Å². The van der Waals surface area contributed by atoms with Crippen LogP contribution in [0.2, 0.25) is 5.28 Å². The van der Waals surface area contributed by atoms with Crippen LogP contribution in [-0.4, -0.2) is 48.2 Å². The van der Waals surface area contributed by atoms with Gasteiger partial charge in [0.25, 0.3) is 0 Å². The molecule has 1 aromatic heterocycles. The number of morpholine rings is 1. The normalized spacial score (nSPS) is 18.9. The zero-order valence-corrected chi connectivity index (χ0v) is 12.3. The lowest BCUT2D eigenvalue weighted by Crippen LogP contribution is -2.54. The van der Waals surface area contributed by atoms with Gasteiger partial charge in [-0.2, -0.15) is 4.98 Å². The lowest BCUT2D eigenvalue weighted by atomic mass is 10.2. The molecule has 7 nitrogen and oxygen atoms in total. The summed E-state index contributed by atoms with van der Waals surface area (Å²) >= 11 is 5.89. The smallest absolute Gasteiger partial charge is 0.245 e. The second kappa shape index (κ2) is 6.23. The Kier molecular flexibility index (Phi) is 4.61. The first-order chi connectivity index (χ1) is 9.54. The molecule has 1 aliphatic heterocycles. The van der Waals surface area contributed by atoms with Crippen LogP contribution in [-0.2, 0) is 9.53 Å². The number of likely N-dealkylation sites (N-methyl/N-ethyl adjacent to an activating group) is 1. The summed E-state index contributed by atoms with van der Waals surface area (Å²) in [7, 11) is 0. The molecule has 1 saturated heterocycles. The zero-order valence-electron chi connectivity index (χ0n) is 11.5. The summed E-state index contributed by atoms with van der Waals surface area (Å²) in [6, 6.07) is -0.462. The molecule has 110 valence electrons. The van der Waals surface area contributed by atoms with Gasteiger partial charge in [-0.05, 0) is 25.4 Å². The van der Waals surface area contributed by atoms with Gasteiger partial charge < -0.3 is 20.7 Å². The summed E-state index contributed by atoms with van der Waals surface area (Å²) in [6.07, 6.45) is 0. The fourth-order valence-electron chi connectivity index (χ4n) is 2.12. The Labute approximate surface area is 122 Å². The van der Waals surface area contributed by atoms with Crippen molar-refractivity contribution >= 4 is 29.0 Å². The van der Waals surface area contributed by atoms with Crippen LogP contribution < -0.4 is 16.0 Å². The van der Waals surface area contributed by atoms with Crippen LogP contribution in [0.4, 0.5) is 11.5 Å². The van der Waals surface area contributed by atoms with E-state index < -0.39 is 6.04 Å². The van der Waals surface area contributed by atoms with Gasteiger partial charge in [0.15, 0.2) is 5.82 Å². The molecule has 1 amide bonds. The minimum Gasteiger partial charge on any atom is -0.394 e. The number of hydrogen-bond acceptors (Lipinski definition) is 6. The van der Waals surface area contributed by atoms with Crippen molar-refractivity contribution in [2.45, 2.75) is 19.9 Å². The summed E-state index contributed by atoms with van der Waals surface area (Å²) in [4.78, 5) is 22.1. The number of nitrogens with zero attached hydrogens (tertiary/aromatic N) is 3. The zero-order chi connectivity index (χ0) is 14.7.